The van der Waals surface area contributed by atoms with Crippen LogP contribution >= 0.6 is 0 Å². The number of amides is 2. The van der Waals surface area contributed by atoms with Gasteiger partial charge in [-0.15, -0.1) is 0 Å². The number of carboxylic acids is 1. The molecule has 5 nitrogen and oxygen atoms in total. The summed E-state index contributed by atoms with van der Waals surface area (Å²) in [4.78, 5) is 35.3. The van der Waals surface area contributed by atoms with Gasteiger partial charge < -0.3 is 5.11 Å². The molecular weight excluding hydrogens is 246 g/mol. The monoisotopic (exact) mass is 263 g/mol. The Hall–Kier alpha value is -1.91. The molecular formula is C14H17NO4. The third kappa shape index (κ3) is 2.75. The Balaban J connectivity index is 1.93. The SMILES string of the molecule is CN1C(=O)[C@H]2CC=C(CC/C=C/C(=O)O)C[C@H]2C1=O. The van der Waals surface area contributed by atoms with Crippen LogP contribution in [0.5, 0.6) is 0 Å². The van der Waals surface area contributed by atoms with Gasteiger partial charge >= 0.3 is 5.97 Å². The molecule has 5 heteroatoms. The van der Waals surface area contributed by atoms with Crippen LogP contribution in [0.25, 0.3) is 0 Å². The number of carbonyl (C=O) groups is 3. The number of likely N-dealkylation sites (tertiary alicyclic amines) is 1. The van der Waals surface area contributed by atoms with Crippen molar-refractivity contribution < 1.29 is 19.5 Å². The molecule has 2 rings (SSSR count). The first-order valence-electron chi connectivity index (χ1n) is 6.39. The van der Waals surface area contributed by atoms with Crippen molar-refractivity contribution in [2.24, 2.45) is 11.8 Å². The number of carboxylic acid groups (broad SMARTS) is 1. The van der Waals surface area contributed by atoms with Crippen LogP contribution in [0.1, 0.15) is 25.7 Å². The van der Waals surface area contributed by atoms with E-state index in [1.807, 2.05) is 6.08 Å². The summed E-state index contributed by atoms with van der Waals surface area (Å²) in [6.07, 6.45) is 7.41. The van der Waals surface area contributed by atoms with Gasteiger partial charge in [-0.3, -0.25) is 14.5 Å². The van der Waals surface area contributed by atoms with E-state index in [0.717, 1.165) is 18.1 Å². The maximum atomic E-state index is 11.9. The van der Waals surface area contributed by atoms with E-state index in [-0.39, 0.29) is 23.7 Å². The Bertz CT molecular complexity index is 478. The van der Waals surface area contributed by atoms with Crippen LogP contribution in [0.3, 0.4) is 0 Å². The van der Waals surface area contributed by atoms with Gasteiger partial charge in [0, 0.05) is 13.1 Å². The molecule has 2 atom stereocenters. The average molecular weight is 263 g/mol. The maximum absolute atomic E-state index is 11.9. The van der Waals surface area contributed by atoms with Crippen molar-refractivity contribution >= 4 is 17.8 Å². The van der Waals surface area contributed by atoms with Crippen molar-refractivity contribution in [3.63, 3.8) is 0 Å². The van der Waals surface area contributed by atoms with Gasteiger partial charge in [-0.25, -0.2) is 4.79 Å². The molecule has 2 amide bonds. The molecule has 19 heavy (non-hydrogen) atoms. The molecule has 1 saturated heterocycles. The minimum Gasteiger partial charge on any atom is -0.478 e. The first-order chi connectivity index (χ1) is 9.00. The average Bonchev–Trinajstić information content (AvgIpc) is 2.60. The van der Waals surface area contributed by atoms with Crippen LogP contribution in [-0.2, 0) is 14.4 Å². The first kappa shape index (κ1) is 13.5. The minimum atomic E-state index is -0.948. The summed E-state index contributed by atoms with van der Waals surface area (Å²) in [5, 5.41) is 8.48. The van der Waals surface area contributed by atoms with Crippen molar-refractivity contribution in [2.75, 3.05) is 7.05 Å². The van der Waals surface area contributed by atoms with Gasteiger partial charge in [0.25, 0.3) is 0 Å². The van der Waals surface area contributed by atoms with Crippen molar-refractivity contribution in [2.45, 2.75) is 25.7 Å². The van der Waals surface area contributed by atoms with E-state index in [2.05, 4.69) is 0 Å². The third-order valence-corrected chi connectivity index (χ3v) is 3.82. The molecule has 1 aliphatic carbocycles. The van der Waals surface area contributed by atoms with Crippen molar-refractivity contribution in [1.29, 1.82) is 0 Å². The lowest BCUT2D eigenvalue weighted by molar-refractivity contribution is -0.138. The highest BCUT2D eigenvalue weighted by Crippen LogP contribution is 2.38. The van der Waals surface area contributed by atoms with E-state index in [0.29, 0.717) is 19.3 Å². The number of aliphatic carboxylic acids is 1. The van der Waals surface area contributed by atoms with Crippen molar-refractivity contribution in [3.05, 3.63) is 23.8 Å². The second-order valence-corrected chi connectivity index (χ2v) is 5.03. The minimum absolute atomic E-state index is 0.0731. The topological polar surface area (TPSA) is 74.7 Å². The number of rotatable bonds is 4. The first-order valence-corrected chi connectivity index (χ1v) is 6.39. The number of imide groups is 1. The number of fused-ring (bicyclic) bond motifs is 1. The molecule has 102 valence electrons. The zero-order chi connectivity index (χ0) is 14.0. The zero-order valence-electron chi connectivity index (χ0n) is 10.8. The van der Waals surface area contributed by atoms with Gasteiger partial charge in [0.1, 0.15) is 0 Å². The van der Waals surface area contributed by atoms with Gasteiger partial charge in [-0.05, 0) is 25.7 Å². The number of hydrogen-bond donors (Lipinski definition) is 1. The molecule has 0 aromatic carbocycles. The Kier molecular flexibility index (Phi) is 3.83. The molecule has 0 saturated carbocycles. The number of nitrogens with zero attached hydrogens (tertiary/aromatic N) is 1. The lowest BCUT2D eigenvalue weighted by Crippen LogP contribution is -2.26. The van der Waals surface area contributed by atoms with Crippen LogP contribution in [0, 0.1) is 11.8 Å². The van der Waals surface area contributed by atoms with Crippen LogP contribution in [0.15, 0.2) is 23.8 Å². The van der Waals surface area contributed by atoms with Crippen LogP contribution < -0.4 is 0 Å². The van der Waals surface area contributed by atoms with Gasteiger partial charge in [0.15, 0.2) is 0 Å². The van der Waals surface area contributed by atoms with Crippen molar-refractivity contribution in [1.82, 2.24) is 4.90 Å². The Labute approximate surface area is 111 Å². The normalized spacial score (nSPS) is 26.8. The smallest absolute Gasteiger partial charge is 0.327 e. The molecule has 2 aliphatic rings. The highest BCUT2D eigenvalue weighted by molar-refractivity contribution is 6.05. The van der Waals surface area contributed by atoms with Crippen LogP contribution in [0.4, 0.5) is 0 Å². The number of hydrogen-bond acceptors (Lipinski definition) is 3. The quantitative estimate of drug-likeness (QED) is 0.472. The van der Waals surface area contributed by atoms with E-state index in [1.165, 1.54) is 11.9 Å². The van der Waals surface area contributed by atoms with Crippen molar-refractivity contribution in [3.8, 4) is 0 Å². The van der Waals surface area contributed by atoms with E-state index in [1.54, 1.807) is 6.08 Å². The summed E-state index contributed by atoms with van der Waals surface area (Å²) in [6, 6.07) is 0. The predicted molar refractivity (Wildman–Crippen MR) is 68.1 cm³/mol. The molecule has 0 bridgehead atoms. The fourth-order valence-electron chi connectivity index (χ4n) is 2.76. The van der Waals surface area contributed by atoms with Gasteiger partial charge in [-0.1, -0.05) is 17.7 Å². The second-order valence-electron chi connectivity index (χ2n) is 5.03. The molecule has 0 spiro atoms. The summed E-state index contributed by atoms with van der Waals surface area (Å²) >= 11 is 0. The van der Waals surface area contributed by atoms with Gasteiger partial charge in [0.2, 0.25) is 11.8 Å². The van der Waals surface area contributed by atoms with Crippen LogP contribution in [0.2, 0.25) is 0 Å². The summed E-state index contributed by atoms with van der Waals surface area (Å²) in [6.45, 7) is 0. The highest BCUT2D eigenvalue weighted by atomic mass is 16.4. The Morgan fingerprint density at radius 3 is 2.79 bits per heavy atom. The molecule has 0 aromatic rings. The van der Waals surface area contributed by atoms with E-state index >= 15 is 0 Å². The summed E-state index contributed by atoms with van der Waals surface area (Å²) in [5.41, 5.74) is 1.15. The lowest BCUT2D eigenvalue weighted by atomic mass is 9.80. The van der Waals surface area contributed by atoms with E-state index in [9.17, 15) is 14.4 Å². The molecule has 1 fully saturated rings. The second kappa shape index (κ2) is 5.38. The fourth-order valence-corrected chi connectivity index (χ4v) is 2.76. The number of carbonyl (C=O) groups excluding carboxylic acids is 2. The molecule has 0 unspecified atom stereocenters. The Morgan fingerprint density at radius 2 is 2.11 bits per heavy atom. The fraction of sp³-hybridized carbons (Fsp3) is 0.500. The van der Waals surface area contributed by atoms with E-state index in [4.69, 9.17) is 5.11 Å². The molecule has 1 heterocycles. The third-order valence-electron chi connectivity index (χ3n) is 3.82. The maximum Gasteiger partial charge on any atom is 0.327 e. The standard InChI is InChI=1S/C14H17NO4/c1-15-13(18)10-7-6-9(8-11(10)14(15)19)4-2-3-5-12(16)17/h3,5-6,10-11H,2,4,7-8H2,1H3,(H,16,17)/b5-3+/t10-,11+/m0/s1. The summed E-state index contributed by atoms with van der Waals surface area (Å²) < 4.78 is 0. The number of allylic oxidation sites excluding steroid dienone is 3. The molecule has 0 aromatic heterocycles. The summed E-state index contributed by atoms with van der Waals surface area (Å²) in [7, 11) is 1.54. The van der Waals surface area contributed by atoms with Gasteiger partial charge in [0.05, 0.1) is 11.8 Å². The van der Waals surface area contributed by atoms with E-state index < -0.39 is 5.97 Å². The van der Waals surface area contributed by atoms with Crippen LogP contribution in [-0.4, -0.2) is 34.8 Å². The Morgan fingerprint density at radius 1 is 1.42 bits per heavy atom. The molecule has 1 N–H and O–H groups in total. The highest BCUT2D eigenvalue weighted by Gasteiger charge is 2.46. The largest absolute Gasteiger partial charge is 0.478 e. The predicted octanol–water partition coefficient (Wildman–Crippen LogP) is 1.36. The van der Waals surface area contributed by atoms with Gasteiger partial charge in [-0.2, -0.15) is 0 Å². The molecule has 1 aliphatic heterocycles. The zero-order valence-corrected chi connectivity index (χ0v) is 10.8. The summed E-state index contributed by atoms with van der Waals surface area (Å²) in [5.74, 6) is -1.50. The lowest BCUT2D eigenvalue weighted by Gasteiger charge is -2.21. The molecule has 0 radical (unpaired) electrons.